The molecule has 0 aromatic heterocycles. The van der Waals surface area contributed by atoms with Gasteiger partial charge in [-0.2, -0.15) is 0 Å². The highest BCUT2D eigenvalue weighted by atomic mass is 14.2. The average Bonchev–Trinajstić information content (AvgIpc) is 2.72. The first-order chi connectivity index (χ1) is 13.8. The lowest BCUT2D eigenvalue weighted by Gasteiger charge is -2.18. The smallest absolute Gasteiger partial charge is 0.0198 e. The van der Waals surface area contributed by atoms with Gasteiger partial charge in [-0.05, 0) is 18.3 Å². The maximum absolute atomic E-state index is 3.97. The summed E-state index contributed by atoms with van der Waals surface area (Å²) >= 11 is 0. The summed E-state index contributed by atoms with van der Waals surface area (Å²) in [6.07, 6.45) is 27.6. The molecule has 0 nitrogen and oxygen atoms in total. The molecule has 0 amide bonds. The van der Waals surface area contributed by atoms with E-state index in [2.05, 4.69) is 39.5 Å². The van der Waals surface area contributed by atoms with E-state index in [0.717, 1.165) is 24.7 Å². The van der Waals surface area contributed by atoms with Crippen molar-refractivity contribution in [2.24, 2.45) is 11.8 Å². The molecule has 0 heteroatoms. The van der Waals surface area contributed by atoms with Crippen LogP contribution in [-0.4, -0.2) is 0 Å². The Labute approximate surface area is 180 Å². The van der Waals surface area contributed by atoms with Crippen LogP contribution < -0.4 is 0 Å². The lowest BCUT2D eigenvalue weighted by molar-refractivity contribution is 0.352. The summed E-state index contributed by atoms with van der Waals surface area (Å²) in [6, 6.07) is 0. The number of hydrogen-bond acceptors (Lipinski definition) is 0. The largest absolute Gasteiger partial charge is 0.103 e. The second-order valence-electron chi connectivity index (χ2n) is 8.90. The third kappa shape index (κ3) is 18.9. The molecule has 0 bridgehead atoms. The quantitative estimate of drug-likeness (QED) is 0.135. The van der Waals surface area contributed by atoms with Gasteiger partial charge >= 0.3 is 0 Å². The van der Waals surface area contributed by atoms with Crippen molar-refractivity contribution >= 4 is 0 Å². The van der Waals surface area contributed by atoms with Crippen molar-refractivity contribution in [1.82, 2.24) is 0 Å². The molecule has 0 aliphatic carbocycles. The predicted molar refractivity (Wildman–Crippen MR) is 129 cm³/mol. The topological polar surface area (TPSA) is 0 Å². The first-order valence-corrected chi connectivity index (χ1v) is 12.8. The standard InChI is InChI=1S/C28H52/c1-5-9-11-12-13-14-15-16-17-18-19-21-24-28(8-4)26-22-25-27(7-3)23-20-10-6-2/h27-28H,1-2,6-8,10-26H2,3-4H3. The van der Waals surface area contributed by atoms with Crippen molar-refractivity contribution in [3.8, 4) is 11.8 Å². The Bertz CT molecular complexity index is 345. The Morgan fingerprint density at radius 1 is 0.571 bits per heavy atom. The molecular formula is C28H52. The van der Waals surface area contributed by atoms with E-state index in [4.69, 9.17) is 0 Å². The first kappa shape index (κ1) is 27.6. The third-order valence-electron chi connectivity index (χ3n) is 6.53. The van der Waals surface area contributed by atoms with Gasteiger partial charge in [-0.3, -0.25) is 0 Å². The molecule has 2 radical (unpaired) electrons. The fourth-order valence-corrected chi connectivity index (χ4v) is 4.38. The molecular weight excluding hydrogens is 336 g/mol. The van der Waals surface area contributed by atoms with Gasteiger partial charge in [0.1, 0.15) is 0 Å². The van der Waals surface area contributed by atoms with Crippen molar-refractivity contribution in [2.45, 2.75) is 142 Å². The van der Waals surface area contributed by atoms with Crippen LogP contribution in [0.4, 0.5) is 0 Å². The summed E-state index contributed by atoms with van der Waals surface area (Å²) in [5.41, 5.74) is 0. The number of unbranched alkanes of at least 4 members (excludes halogenated alkanes) is 11. The lowest BCUT2D eigenvalue weighted by Crippen LogP contribution is -2.03. The van der Waals surface area contributed by atoms with Crippen molar-refractivity contribution in [3.05, 3.63) is 13.8 Å². The Morgan fingerprint density at radius 2 is 1.00 bits per heavy atom. The zero-order valence-electron chi connectivity index (χ0n) is 19.7. The van der Waals surface area contributed by atoms with E-state index in [0.29, 0.717) is 0 Å². The lowest BCUT2D eigenvalue weighted by atomic mass is 9.88. The Kier molecular flexibility index (Phi) is 22.5. The van der Waals surface area contributed by atoms with E-state index in [-0.39, 0.29) is 0 Å². The van der Waals surface area contributed by atoms with Crippen LogP contribution in [0.25, 0.3) is 0 Å². The van der Waals surface area contributed by atoms with Gasteiger partial charge in [0.05, 0.1) is 0 Å². The minimum absolute atomic E-state index is 0.973. The van der Waals surface area contributed by atoms with E-state index in [1.165, 1.54) is 116 Å². The van der Waals surface area contributed by atoms with Crippen molar-refractivity contribution in [3.63, 3.8) is 0 Å². The summed E-state index contributed by atoms with van der Waals surface area (Å²) in [4.78, 5) is 0. The monoisotopic (exact) mass is 388 g/mol. The second-order valence-corrected chi connectivity index (χ2v) is 8.90. The molecule has 28 heavy (non-hydrogen) atoms. The number of hydrogen-bond donors (Lipinski definition) is 0. The van der Waals surface area contributed by atoms with Crippen LogP contribution in [0.1, 0.15) is 142 Å². The molecule has 164 valence electrons. The third-order valence-corrected chi connectivity index (χ3v) is 6.53. The maximum Gasteiger partial charge on any atom is 0.0198 e. The molecule has 2 unspecified atom stereocenters. The van der Waals surface area contributed by atoms with Gasteiger partial charge < -0.3 is 0 Å². The summed E-state index contributed by atoms with van der Waals surface area (Å²) in [5, 5.41) is 0. The molecule has 0 N–H and O–H groups in total. The molecule has 0 heterocycles. The molecule has 0 aliphatic heterocycles. The Hall–Kier alpha value is -0.440. The summed E-state index contributed by atoms with van der Waals surface area (Å²) in [5.74, 6) is 7.75. The molecule has 2 atom stereocenters. The Balaban J connectivity index is 3.50. The molecule has 0 aliphatic rings. The zero-order valence-corrected chi connectivity index (χ0v) is 19.7. The van der Waals surface area contributed by atoms with Gasteiger partial charge in [-0.15, -0.1) is 11.8 Å². The van der Waals surface area contributed by atoms with Crippen molar-refractivity contribution in [1.29, 1.82) is 0 Å². The van der Waals surface area contributed by atoms with Gasteiger partial charge in [0.15, 0.2) is 0 Å². The molecule has 0 saturated heterocycles. The first-order valence-electron chi connectivity index (χ1n) is 12.8. The number of rotatable bonds is 21. The van der Waals surface area contributed by atoms with Gasteiger partial charge in [-0.1, -0.05) is 136 Å². The molecule has 0 spiro atoms. The molecule has 0 aromatic carbocycles. The summed E-state index contributed by atoms with van der Waals surface area (Å²) in [7, 11) is 0. The highest BCUT2D eigenvalue weighted by Gasteiger charge is 2.10. The van der Waals surface area contributed by atoms with Gasteiger partial charge in [0.2, 0.25) is 0 Å². The van der Waals surface area contributed by atoms with Crippen LogP contribution >= 0.6 is 0 Å². The fourth-order valence-electron chi connectivity index (χ4n) is 4.38. The van der Waals surface area contributed by atoms with Gasteiger partial charge in [-0.25, -0.2) is 0 Å². The molecule has 0 aromatic rings. The Morgan fingerprint density at radius 3 is 1.46 bits per heavy atom. The average molecular weight is 389 g/mol. The molecule has 0 fully saturated rings. The van der Waals surface area contributed by atoms with Crippen LogP contribution in [-0.2, 0) is 0 Å². The van der Waals surface area contributed by atoms with Crippen LogP contribution in [0.15, 0.2) is 0 Å². The SMILES string of the molecule is [CH2]C#CCCCCCCCCCCCC(CC)CCCC(CC)CCCC[CH2]. The summed E-state index contributed by atoms with van der Waals surface area (Å²) in [6.45, 7) is 12.3. The van der Waals surface area contributed by atoms with E-state index in [1.54, 1.807) is 0 Å². The van der Waals surface area contributed by atoms with Crippen LogP contribution in [0, 0.1) is 37.5 Å². The second kappa shape index (κ2) is 22.8. The molecule has 0 saturated carbocycles. The fraction of sp³-hybridized carbons (Fsp3) is 0.857. The summed E-state index contributed by atoms with van der Waals surface area (Å²) < 4.78 is 0. The van der Waals surface area contributed by atoms with Crippen LogP contribution in [0.5, 0.6) is 0 Å². The van der Waals surface area contributed by atoms with E-state index >= 15 is 0 Å². The van der Waals surface area contributed by atoms with Crippen LogP contribution in [0.3, 0.4) is 0 Å². The van der Waals surface area contributed by atoms with Gasteiger partial charge in [0, 0.05) is 13.3 Å². The van der Waals surface area contributed by atoms with Crippen molar-refractivity contribution < 1.29 is 0 Å². The van der Waals surface area contributed by atoms with E-state index in [1.807, 2.05) is 0 Å². The maximum atomic E-state index is 3.97. The van der Waals surface area contributed by atoms with Gasteiger partial charge in [0.25, 0.3) is 0 Å². The normalized spacial score (nSPS) is 13.1. The van der Waals surface area contributed by atoms with Crippen LogP contribution in [0.2, 0.25) is 0 Å². The van der Waals surface area contributed by atoms with E-state index < -0.39 is 0 Å². The molecule has 0 rings (SSSR count). The predicted octanol–water partition coefficient (Wildman–Crippen LogP) is 9.73. The minimum Gasteiger partial charge on any atom is -0.103 e. The van der Waals surface area contributed by atoms with Crippen molar-refractivity contribution in [2.75, 3.05) is 0 Å². The highest BCUT2D eigenvalue weighted by molar-refractivity contribution is 5.00. The zero-order chi connectivity index (χ0) is 20.7. The highest BCUT2D eigenvalue weighted by Crippen LogP contribution is 2.25. The minimum atomic E-state index is 0.973. The van der Waals surface area contributed by atoms with E-state index in [9.17, 15) is 0 Å².